The first-order valence-electron chi connectivity index (χ1n) is 10.2. The van der Waals surface area contributed by atoms with Crippen molar-refractivity contribution in [2.24, 2.45) is 22.2 Å². The van der Waals surface area contributed by atoms with Crippen LogP contribution in [0, 0.1) is 0 Å². The molecule has 16 heteroatoms. The SMILES string of the molecule is CSCCC(NC(=O)C(N)CO)C(=O)NC(CC(=O)O)C(=O)NC(CCCN=C(N)N)C(=O)O. The molecule has 0 heterocycles. The van der Waals surface area contributed by atoms with Gasteiger partial charge in [0.2, 0.25) is 17.7 Å². The number of carbonyl (C=O) groups excluding carboxylic acids is 3. The van der Waals surface area contributed by atoms with Crippen molar-refractivity contribution in [1.82, 2.24) is 16.0 Å². The number of carboxylic acids is 2. The van der Waals surface area contributed by atoms with E-state index in [-0.39, 0.29) is 31.8 Å². The molecule has 0 radical (unpaired) electrons. The van der Waals surface area contributed by atoms with Crippen LogP contribution < -0.4 is 33.2 Å². The molecular weight excluding hydrogens is 474 g/mol. The van der Waals surface area contributed by atoms with E-state index in [1.165, 1.54) is 11.8 Å². The van der Waals surface area contributed by atoms with Gasteiger partial charge in [0.25, 0.3) is 0 Å². The van der Waals surface area contributed by atoms with Gasteiger partial charge in [0, 0.05) is 6.54 Å². The summed E-state index contributed by atoms with van der Waals surface area (Å²) >= 11 is 1.37. The summed E-state index contributed by atoms with van der Waals surface area (Å²) in [5, 5.41) is 34.3. The summed E-state index contributed by atoms with van der Waals surface area (Å²) in [5.74, 6) is -5.26. The number of hydrogen-bond acceptors (Lipinski definition) is 9. The second kappa shape index (κ2) is 16.5. The molecule has 34 heavy (non-hydrogen) atoms. The number of amides is 3. The number of aliphatic imine (C=N–C) groups is 1. The van der Waals surface area contributed by atoms with Crippen molar-refractivity contribution in [2.75, 3.05) is 25.2 Å². The molecule has 0 fully saturated rings. The average molecular weight is 508 g/mol. The number of aliphatic hydroxyl groups is 1. The molecule has 0 aromatic rings. The van der Waals surface area contributed by atoms with Crippen molar-refractivity contribution in [1.29, 1.82) is 0 Å². The minimum Gasteiger partial charge on any atom is -0.481 e. The van der Waals surface area contributed by atoms with Crippen molar-refractivity contribution in [2.45, 2.75) is 49.9 Å². The molecule has 3 amide bonds. The standard InChI is InChI=1S/C18H33N7O8S/c1-34-6-4-10(23-14(29)9(19)8-26)15(30)25-12(7-13(27)28)16(31)24-11(17(32)33)3-2-5-22-18(20)21/h9-12,26H,2-8,19H2,1H3,(H,23,29)(H,24,31)(H,25,30)(H,27,28)(H,32,33)(H4,20,21,22). The quantitative estimate of drug-likeness (QED) is 0.0519. The Labute approximate surface area is 200 Å². The Hall–Kier alpha value is -3.11. The van der Waals surface area contributed by atoms with E-state index in [4.69, 9.17) is 27.4 Å². The Bertz CT molecular complexity index is 748. The van der Waals surface area contributed by atoms with Crippen molar-refractivity contribution in [3.05, 3.63) is 0 Å². The van der Waals surface area contributed by atoms with Gasteiger partial charge in [-0.2, -0.15) is 11.8 Å². The van der Waals surface area contributed by atoms with Crippen LogP contribution in [0.25, 0.3) is 0 Å². The summed E-state index contributed by atoms with van der Waals surface area (Å²) in [5.41, 5.74) is 15.8. The Morgan fingerprint density at radius 1 is 0.912 bits per heavy atom. The molecule has 0 saturated heterocycles. The van der Waals surface area contributed by atoms with Crippen LogP contribution >= 0.6 is 11.8 Å². The van der Waals surface area contributed by atoms with Crippen molar-refractivity contribution >= 4 is 47.4 Å². The highest BCUT2D eigenvalue weighted by Gasteiger charge is 2.31. The van der Waals surface area contributed by atoms with E-state index in [1.54, 1.807) is 6.26 Å². The van der Waals surface area contributed by atoms with E-state index in [2.05, 4.69) is 20.9 Å². The highest BCUT2D eigenvalue weighted by molar-refractivity contribution is 7.98. The minimum atomic E-state index is -1.62. The van der Waals surface area contributed by atoms with Gasteiger partial charge < -0.3 is 48.5 Å². The van der Waals surface area contributed by atoms with E-state index >= 15 is 0 Å². The second-order valence-electron chi connectivity index (χ2n) is 7.14. The fourth-order valence-electron chi connectivity index (χ4n) is 2.56. The number of nitrogens with zero attached hydrogens (tertiary/aromatic N) is 1. The first kappa shape index (κ1) is 30.9. The van der Waals surface area contributed by atoms with Gasteiger partial charge in [-0.25, -0.2) is 4.79 Å². The van der Waals surface area contributed by atoms with Gasteiger partial charge in [0.1, 0.15) is 24.2 Å². The number of carbonyl (C=O) groups is 5. The van der Waals surface area contributed by atoms with Gasteiger partial charge in [0.15, 0.2) is 5.96 Å². The van der Waals surface area contributed by atoms with Gasteiger partial charge in [0.05, 0.1) is 13.0 Å². The monoisotopic (exact) mass is 507 g/mol. The summed E-state index contributed by atoms with van der Waals surface area (Å²) in [7, 11) is 0. The van der Waals surface area contributed by atoms with E-state index in [0.29, 0.717) is 5.75 Å². The molecule has 12 N–H and O–H groups in total. The van der Waals surface area contributed by atoms with Crippen LogP contribution in [0.5, 0.6) is 0 Å². The molecule has 15 nitrogen and oxygen atoms in total. The maximum atomic E-state index is 12.7. The normalized spacial score (nSPS) is 14.1. The lowest BCUT2D eigenvalue weighted by Crippen LogP contribution is -2.57. The zero-order valence-corrected chi connectivity index (χ0v) is 19.5. The number of aliphatic hydroxyl groups excluding tert-OH is 1. The van der Waals surface area contributed by atoms with Crippen LogP contribution in [-0.4, -0.2) is 100 Å². The largest absolute Gasteiger partial charge is 0.481 e. The van der Waals surface area contributed by atoms with Gasteiger partial charge in [-0.05, 0) is 31.3 Å². The predicted octanol–water partition coefficient (Wildman–Crippen LogP) is -3.87. The number of guanidine groups is 1. The number of nitrogens with two attached hydrogens (primary N) is 3. The molecule has 0 aliphatic rings. The number of aliphatic carboxylic acids is 2. The number of carboxylic acid groups (broad SMARTS) is 2. The van der Waals surface area contributed by atoms with Crippen LogP contribution in [0.1, 0.15) is 25.7 Å². The first-order valence-corrected chi connectivity index (χ1v) is 11.6. The second-order valence-corrected chi connectivity index (χ2v) is 8.12. The molecule has 194 valence electrons. The van der Waals surface area contributed by atoms with Crippen molar-refractivity contribution < 1.29 is 39.3 Å². The first-order chi connectivity index (χ1) is 15.9. The summed E-state index contributed by atoms with van der Waals surface area (Å²) in [4.78, 5) is 63.8. The lowest BCUT2D eigenvalue weighted by molar-refractivity contribution is -0.143. The molecule has 0 spiro atoms. The van der Waals surface area contributed by atoms with Crippen LogP contribution in [0.2, 0.25) is 0 Å². The fourth-order valence-corrected chi connectivity index (χ4v) is 3.03. The Morgan fingerprint density at radius 3 is 1.97 bits per heavy atom. The Kier molecular flexibility index (Phi) is 15.0. The van der Waals surface area contributed by atoms with Crippen LogP contribution in [0.4, 0.5) is 0 Å². The zero-order valence-electron chi connectivity index (χ0n) is 18.7. The lowest BCUT2D eigenvalue weighted by Gasteiger charge is -2.24. The molecule has 0 aromatic heterocycles. The van der Waals surface area contributed by atoms with Gasteiger partial charge in [-0.3, -0.25) is 24.2 Å². The zero-order chi connectivity index (χ0) is 26.3. The highest BCUT2D eigenvalue weighted by atomic mass is 32.2. The summed E-state index contributed by atoms with van der Waals surface area (Å²) in [6, 6.07) is -5.45. The molecule has 0 aromatic carbocycles. The maximum absolute atomic E-state index is 12.7. The van der Waals surface area contributed by atoms with E-state index < -0.39 is 66.9 Å². The molecule has 0 bridgehead atoms. The predicted molar refractivity (Wildman–Crippen MR) is 124 cm³/mol. The van der Waals surface area contributed by atoms with Crippen molar-refractivity contribution in [3.8, 4) is 0 Å². The van der Waals surface area contributed by atoms with Gasteiger partial charge in [-0.15, -0.1) is 0 Å². The summed E-state index contributed by atoms with van der Waals surface area (Å²) in [6.45, 7) is -0.545. The third-order valence-corrected chi connectivity index (χ3v) is 4.99. The van der Waals surface area contributed by atoms with E-state index in [9.17, 15) is 29.1 Å². The third-order valence-electron chi connectivity index (χ3n) is 4.35. The van der Waals surface area contributed by atoms with E-state index in [1.807, 2.05) is 0 Å². The van der Waals surface area contributed by atoms with Crippen LogP contribution in [0.3, 0.4) is 0 Å². The Morgan fingerprint density at radius 2 is 1.47 bits per heavy atom. The van der Waals surface area contributed by atoms with E-state index in [0.717, 1.165) is 0 Å². The van der Waals surface area contributed by atoms with Gasteiger partial charge >= 0.3 is 11.9 Å². The Balaban J connectivity index is 5.39. The third kappa shape index (κ3) is 12.8. The number of nitrogens with one attached hydrogen (secondary N) is 3. The molecule has 4 atom stereocenters. The topological polar surface area (TPSA) is 273 Å². The van der Waals surface area contributed by atoms with Crippen LogP contribution in [-0.2, 0) is 24.0 Å². The number of rotatable bonds is 17. The minimum absolute atomic E-state index is 0.0585. The van der Waals surface area contributed by atoms with Crippen molar-refractivity contribution in [3.63, 3.8) is 0 Å². The van der Waals surface area contributed by atoms with Crippen LogP contribution in [0.15, 0.2) is 4.99 Å². The van der Waals surface area contributed by atoms with Gasteiger partial charge in [-0.1, -0.05) is 0 Å². The summed E-state index contributed by atoms with van der Waals surface area (Å²) < 4.78 is 0. The lowest BCUT2D eigenvalue weighted by atomic mass is 10.1. The number of thioether (sulfide) groups is 1. The number of hydrogen-bond donors (Lipinski definition) is 9. The molecule has 0 saturated carbocycles. The maximum Gasteiger partial charge on any atom is 0.326 e. The average Bonchev–Trinajstić information content (AvgIpc) is 2.76. The molecule has 0 rings (SSSR count). The molecule has 0 aliphatic heterocycles. The molecule has 0 aliphatic carbocycles. The highest BCUT2D eigenvalue weighted by Crippen LogP contribution is 2.05. The molecule has 4 unspecified atom stereocenters. The fraction of sp³-hybridized carbons (Fsp3) is 0.667. The molecular formula is C18H33N7O8S. The summed E-state index contributed by atoms with van der Waals surface area (Å²) in [6.07, 6.45) is 1.20. The smallest absolute Gasteiger partial charge is 0.326 e.